The first-order chi connectivity index (χ1) is 12.4. The number of allylic oxidation sites excluding steroid dienone is 2. The van der Waals surface area contributed by atoms with Gasteiger partial charge in [0.05, 0.1) is 6.10 Å². The van der Waals surface area contributed by atoms with E-state index in [1.165, 1.54) is 0 Å². The Labute approximate surface area is 154 Å². The van der Waals surface area contributed by atoms with Gasteiger partial charge >= 0.3 is 11.9 Å². The Balaban J connectivity index is 2.68. The van der Waals surface area contributed by atoms with E-state index in [1.807, 2.05) is 6.92 Å². The molecule has 1 aliphatic rings. The van der Waals surface area contributed by atoms with Crippen molar-refractivity contribution >= 4 is 17.7 Å². The van der Waals surface area contributed by atoms with Crippen molar-refractivity contribution in [2.24, 2.45) is 11.8 Å². The van der Waals surface area contributed by atoms with E-state index in [0.29, 0.717) is 19.4 Å². The summed E-state index contributed by atoms with van der Waals surface area (Å²) in [5, 5.41) is 18.7. The average Bonchev–Trinajstić information content (AvgIpc) is 2.61. The van der Waals surface area contributed by atoms with Gasteiger partial charge in [-0.2, -0.15) is 0 Å². The molecule has 4 unspecified atom stereocenters. The average molecular weight is 370 g/mol. The van der Waals surface area contributed by atoms with Crippen LogP contribution in [0.5, 0.6) is 0 Å². The van der Waals surface area contributed by atoms with Gasteiger partial charge in [-0.15, -0.1) is 0 Å². The molecule has 0 aromatic heterocycles. The van der Waals surface area contributed by atoms with Crippen molar-refractivity contribution < 1.29 is 34.1 Å². The zero-order chi connectivity index (χ0) is 19.5. The standard InChI is InChI=1S/C19H30O7/c1-3-5-8-14(18(21)22)17(20)15(19(23)24)11-10-13(4-2)26-16-9-6-7-12-25-16/h3,5,13-16H,4,6-12H2,1-2H3,(H,21,22)(H,23,24)/b5-3+. The Morgan fingerprint density at radius 1 is 1.15 bits per heavy atom. The summed E-state index contributed by atoms with van der Waals surface area (Å²) in [5.41, 5.74) is 0. The van der Waals surface area contributed by atoms with Gasteiger partial charge in [0.1, 0.15) is 11.8 Å². The lowest BCUT2D eigenvalue weighted by molar-refractivity contribution is -0.190. The molecule has 2 N–H and O–H groups in total. The van der Waals surface area contributed by atoms with Gasteiger partial charge in [-0.05, 0) is 51.9 Å². The number of ketones is 1. The van der Waals surface area contributed by atoms with Crippen LogP contribution in [0.4, 0.5) is 0 Å². The number of carboxylic acid groups (broad SMARTS) is 2. The van der Waals surface area contributed by atoms with Crippen molar-refractivity contribution in [3.8, 4) is 0 Å². The summed E-state index contributed by atoms with van der Waals surface area (Å²) in [4.78, 5) is 35.3. The van der Waals surface area contributed by atoms with Crippen LogP contribution in [0.15, 0.2) is 12.2 Å². The molecule has 0 saturated carbocycles. The number of carbonyl (C=O) groups excluding carboxylic acids is 1. The minimum atomic E-state index is -1.34. The highest BCUT2D eigenvalue weighted by molar-refractivity contribution is 6.07. The molecule has 1 saturated heterocycles. The third kappa shape index (κ3) is 7.25. The largest absolute Gasteiger partial charge is 0.481 e. The molecule has 26 heavy (non-hydrogen) atoms. The van der Waals surface area contributed by atoms with Crippen molar-refractivity contribution in [2.75, 3.05) is 6.61 Å². The van der Waals surface area contributed by atoms with Gasteiger partial charge < -0.3 is 19.7 Å². The number of hydrogen-bond acceptors (Lipinski definition) is 5. The third-order valence-corrected chi connectivity index (χ3v) is 4.61. The molecular formula is C19H30O7. The second-order valence-electron chi connectivity index (χ2n) is 6.53. The van der Waals surface area contributed by atoms with Crippen LogP contribution in [0, 0.1) is 11.8 Å². The molecule has 0 aliphatic carbocycles. The highest BCUT2D eigenvalue weighted by Gasteiger charge is 2.36. The van der Waals surface area contributed by atoms with Crippen LogP contribution >= 0.6 is 0 Å². The van der Waals surface area contributed by atoms with Crippen LogP contribution in [-0.2, 0) is 23.9 Å². The van der Waals surface area contributed by atoms with E-state index in [2.05, 4.69) is 0 Å². The molecule has 1 fully saturated rings. The minimum Gasteiger partial charge on any atom is -0.481 e. The number of carboxylic acids is 2. The van der Waals surface area contributed by atoms with Crippen molar-refractivity contribution in [1.29, 1.82) is 0 Å². The van der Waals surface area contributed by atoms with Crippen LogP contribution in [0.2, 0.25) is 0 Å². The lowest BCUT2D eigenvalue weighted by Gasteiger charge is -2.28. The molecule has 4 atom stereocenters. The molecule has 0 spiro atoms. The zero-order valence-corrected chi connectivity index (χ0v) is 15.6. The van der Waals surface area contributed by atoms with Gasteiger partial charge in [-0.3, -0.25) is 14.4 Å². The van der Waals surface area contributed by atoms with Gasteiger partial charge in [0.2, 0.25) is 0 Å². The Bertz CT molecular complexity index is 494. The van der Waals surface area contributed by atoms with Gasteiger partial charge in [0, 0.05) is 6.61 Å². The second kappa shape index (κ2) is 11.8. The summed E-state index contributed by atoms with van der Waals surface area (Å²) in [5.74, 6) is -6.02. The molecule has 1 heterocycles. The van der Waals surface area contributed by atoms with Crippen LogP contribution in [-0.4, -0.2) is 46.9 Å². The molecule has 0 radical (unpaired) electrons. The molecule has 7 nitrogen and oxygen atoms in total. The first-order valence-corrected chi connectivity index (χ1v) is 9.28. The van der Waals surface area contributed by atoms with Gasteiger partial charge in [-0.25, -0.2) is 0 Å². The lowest BCUT2D eigenvalue weighted by Crippen LogP contribution is -2.35. The molecule has 0 aromatic rings. The predicted octanol–water partition coefficient (Wildman–Crippen LogP) is 3.03. The molecule has 1 rings (SSSR count). The fourth-order valence-electron chi connectivity index (χ4n) is 3.00. The number of hydrogen-bond donors (Lipinski definition) is 2. The summed E-state index contributed by atoms with van der Waals surface area (Å²) >= 11 is 0. The van der Waals surface area contributed by atoms with E-state index in [1.54, 1.807) is 19.1 Å². The number of carbonyl (C=O) groups is 3. The Morgan fingerprint density at radius 2 is 1.85 bits per heavy atom. The Hall–Kier alpha value is -1.73. The highest BCUT2D eigenvalue weighted by atomic mass is 16.7. The van der Waals surface area contributed by atoms with Gasteiger partial charge in [0.25, 0.3) is 0 Å². The maximum atomic E-state index is 12.5. The molecule has 148 valence electrons. The summed E-state index contributed by atoms with van der Waals surface area (Å²) in [7, 11) is 0. The third-order valence-electron chi connectivity index (χ3n) is 4.61. The molecule has 1 aliphatic heterocycles. The summed E-state index contributed by atoms with van der Waals surface area (Å²) in [6, 6.07) is 0. The smallest absolute Gasteiger partial charge is 0.314 e. The van der Waals surface area contributed by atoms with Crippen molar-refractivity contribution in [1.82, 2.24) is 0 Å². The SMILES string of the molecule is C/C=C/CC(C(=O)O)C(=O)C(CCC(CC)OC1CCCCO1)C(=O)O. The topological polar surface area (TPSA) is 110 Å². The first kappa shape index (κ1) is 22.3. The van der Waals surface area contributed by atoms with E-state index in [4.69, 9.17) is 9.47 Å². The van der Waals surface area contributed by atoms with Crippen molar-refractivity contribution in [3.63, 3.8) is 0 Å². The summed E-state index contributed by atoms with van der Waals surface area (Å²) in [6.45, 7) is 4.30. The van der Waals surface area contributed by atoms with E-state index in [9.17, 15) is 24.6 Å². The quantitative estimate of drug-likeness (QED) is 0.401. The predicted molar refractivity (Wildman–Crippen MR) is 94.7 cm³/mol. The molecule has 0 aromatic carbocycles. The fraction of sp³-hybridized carbons (Fsp3) is 0.737. The Kier molecular flexibility index (Phi) is 10.1. The number of aliphatic carboxylic acids is 2. The maximum absolute atomic E-state index is 12.5. The lowest BCUT2D eigenvalue weighted by atomic mass is 9.86. The van der Waals surface area contributed by atoms with Gasteiger partial charge in [-0.1, -0.05) is 19.1 Å². The van der Waals surface area contributed by atoms with E-state index in [0.717, 1.165) is 19.3 Å². The highest BCUT2D eigenvalue weighted by Crippen LogP contribution is 2.23. The van der Waals surface area contributed by atoms with Crippen LogP contribution < -0.4 is 0 Å². The van der Waals surface area contributed by atoms with E-state index in [-0.39, 0.29) is 25.2 Å². The normalized spacial score (nSPS) is 21.2. The summed E-state index contributed by atoms with van der Waals surface area (Å²) < 4.78 is 11.4. The number of Topliss-reactive ketones (excluding diaryl/α,β-unsaturated/α-hetero) is 1. The van der Waals surface area contributed by atoms with E-state index < -0.39 is 29.6 Å². The van der Waals surface area contributed by atoms with Crippen LogP contribution in [0.3, 0.4) is 0 Å². The van der Waals surface area contributed by atoms with Gasteiger partial charge in [0.15, 0.2) is 12.1 Å². The van der Waals surface area contributed by atoms with Crippen molar-refractivity contribution in [3.05, 3.63) is 12.2 Å². The molecule has 0 bridgehead atoms. The van der Waals surface area contributed by atoms with Crippen molar-refractivity contribution in [2.45, 2.75) is 71.2 Å². The fourth-order valence-corrected chi connectivity index (χ4v) is 3.00. The van der Waals surface area contributed by atoms with Crippen LogP contribution in [0.25, 0.3) is 0 Å². The molecular weight excluding hydrogens is 340 g/mol. The van der Waals surface area contributed by atoms with E-state index >= 15 is 0 Å². The van der Waals surface area contributed by atoms with Crippen LogP contribution in [0.1, 0.15) is 58.8 Å². The Morgan fingerprint density at radius 3 is 2.35 bits per heavy atom. The molecule has 7 heteroatoms. The second-order valence-corrected chi connectivity index (χ2v) is 6.53. The maximum Gasteiger partial charge on any atom is 0.314 e. The number of ether oxygens (including phenoxy) is 2. The monoisotopic (exact) mass is 370 g/mol. The first-order valence-electron chi connectivity index (χ1n) is 9.28. The number of rotatable bonds is 12. The minimum absolute atomic E-state index is 0.00192. The zero-order valence-electron chi connectivity index (χ0n) is 15.6. The molecule has 0 amide bonds. The summed E-state index contributed by atoms with van der Waals surface area (Å²) in [6.07, 6.45) is 6.64.